The number of nitrogens with zero attached hydrogens (tertiary/aromatic N) is 1. The number of unbranched alkanes of at least 4 members (excludes halogenated alkanes) is 4. The van der Waals surface area contributed by atoms with Crippen LogP contribution in [0, 0.1) is 5.41 Å². The maximum Gasteiger partial charge on any atom is 0.305 e. The highest BCUT2D eigenvalue weighted by Gasteiger charge is 2.25. The van der Waals surface area contributed by atoms with Gasteiger partial charge in [0.25, 0.3) is 0 Å². The molecule has 0 bridgehead atoms. The molecule has 0 aliphatic heterocycles. The van der Waals surface area contributed by atoms with E-state index < -0.39 is 0 Å². The molecule has 0 fully saturated rings. The Morgan fingerprint density at radius 3 is 1.83 bits per heavy atom. The van der Waals surface area contributed by atoms with E-state index in [0.717, 1.165) is 64.6 Å². The Morgan fingerprint density at radius 1 is 0.897 bits per heavy atom. The topological polar surface area (TPSA) is 55.8 Å². The highest BCUT2D eigenvalue weighted by molar-refractivity contribution is 5.69. The van der Waals surface area contributed by atoms with Crippen molar-refractivity contribution in [3.63, 3.8) is 0 Å². The fourth-order valence-electron chi connectivity index (χ4n) is 3.91. The van der Waals surface area contributed by atoms with Gasteiger partial charge in [0, 0.05) is 19.4 Å². The van der Waals surface area contributed by atoms with Crippen molar-refractivity contribution in [1.29, 1.82) is 0 Å². The van der Waals surface area contributed by atoms with Crippen LogP contribution in [0.1, 0.15) is 90.9 Å². The van der Waals surface area contributed by atoms with Crippen LogP contribution in [0.5, 0.6) is 0 Å². The van der Waals surface area contributed by atoms with Crippen molar-refractivity contribution in [3.05, 3.63) is 12.7 Å². The number of ether oxygens (including phenoxy) is 2. The Kier molecular flexibility index (Phi) is 16.7. The Labute approximate surface area is 179 Å². The normalized spacial score (nSPS) is 13.1. The zero-order chi connectivity index (χ0) is 22.0. The van der Waals surface area contributed by atoms with Gasteiger partial charge in [-0.25, -0.2) is 0 Å². The Bertz CT molecular complexity index is 426. The lowest BCUT2D eigenvalue weighted by molar-refractivity contribution is -0.141. The molecular weight excluding hydrogens is 366 g/mol. The summed E-state index contributed by atoms with van der Waals surface area (Å²) in [5, 5.41) is 0. The molecule has 0 amide bonds. The highest BCUT2D eigenvalue weighted by atomic mass is 16.5. The Morgan fingerprint density at radius 2 is 1.41 bits per heavy atom. The summed E-state index contributed by atoms with van der Waals surface area (Å²) in [5.41, 5.74) is 0.307. The van der Waals surface area contributed by atoms with Crippen LogP contribution in [-0.4, -0.2) is 50.7 Å². The molecule has 0 radical (unpaired) electrons. The van der Waals surface area contributed by atoms with Gasteiger partial charge in [0.2, 0.25) is 0 Å². The van der Waals surface area contributed by atoms with Crippen LogP contribution in [0.15, 0.2) is 12.7 Å². The van der Waals surface area contributed by atoms with Gasteiger partial charge in [0.1, 0.15) is 0 Å². The van der Waals surface area contributed by atoms with Crippen molar-refractivity contribution in [1.82, 2.24) is 4.90 Å². The van der Waals surface area contributed by atoms with Crippen molar-refractivity contribution in [2.75, 3.05) is 33.9 Å². The molecular formula is C24H45NO4. The molecule has 0 aromatic carbocycles. The van der Waals surface area contributed by atoms with Gasteiger partial charge in [0.15, 0.2) is 0 Å². The third kappa shape index (κ3) is 15.2. The number of hydrogen-bond donors (Lipinski definition) is 0. The molecule has 0 aliphatic carbocycles. The van der Waals surface area contributed by atoms with Crippen LogP contribution in [0.25, 0.3) is 0 Å². The van der Waals surface area contributed by atoms with Crippen LogP contribution in [0.4, 0.5) is 0 Å². The highest BCUT2D eigenvalue weighted by Crippen LogP contribution is 2.31. The van der Waals surface area contributed by atoms with Crippen LogP contribution in [0.2, 0.25) is 0 Å². The minimum Gasteiger partial charge on any atom is -0.469 e. The van der Waals surface area contributed by atoms with E-state index in [1.54, 1.807) is 0 Å². The van der Waals surface area contributed by atoms with Crippen molar-refractivity contribution in [2.24, 2.45) is 5.41 Å². The zero-order valence-corrected chi connectivity index (χ0v) is 19.5. The van der Waals surface area contributed by atoms with E-state index >= 15 is 0 Å². The van der Waals surface area contributed by atoms with Crippen molar-refractivity contribution in [3.8, 4) is 0 Å². The summed E-state index contributed by atoms with van der Waals surface area (Å²) in [7, 11) is 2.89. The van der Waals surface area contributed by atoms with E-state index in [0.29, 0.717) is 18.3 Å². The molecule has 1 unspecified atom stereocenters. The fraction of sp³-hybridized carbons (Fsp3) is 0.833. The van der Waals surface area contributed by atoms with Crippen LogP contribution in [-0.2, 0) is 19.1 Å². The SMILES string of the molecule is C=CCCC(C)(CCC)CN(CCCCCC(=O)OC)CCCCCC(=O)OC. The molecule has 170 valence electrons. The van der Waals surface area contributed by atoms with Crippen LogP contribution >= 0.6 is 0 Å². The second-order valence-corrected chi connectivity index (χ2v) is 8.44. The number of methoxy groups -OCH3 is 2. The van der Waals surface area contributed by atoms with Crippen molar-refractivity contribution < 1.29 is 19.1 Å². The first-order chi connectivity index (χ1) is 13.9. The summed E-state index contributed by atoms with van der Waals surface area (Å²) in [4.78, 5) is 25.1. The molecule has 5 heteroatoms. The zero-order valence-electron chi connectivity index (χ0n) is 19.5. The molecule has 0 saturated carbocycles. The minimum absolute atomic E-state index is 0.118. The summed E-state index contributed by atoms with van der Waals surface area (Å²) in [5.74, 6) is -0.236. The van der Waals surface area contributed by atoms with Gasteiger partial charge in [-0.3, -0.25) is 9.59 Å². The van der Waals surface area contributed by atoms with Crippen molar-refractivity contribution in [2.45, 2.75) is 90.9 Å². The molecule has 0 rings (SSSR count). The predicted octanol–water partition coefficient (Wildman–Crippen LogP) is 5.53. The molecule has 0 heterocycles. The van der Waals surface area contributed by atoms with E-state index in [-0.39, 0.29) is 11.9 Å². The lowest BCUT2D eigenvalue weighted by Crippen LogP contribution is -2.37. The predicted molar refractivity (Wildman–Crippen MR) is 120 cm³/mol. The van der Waals surface area contributed by atoms with Crippen molar-refractivity contribution >= 4 is 11.9 Å². The molecule has 0 aromatic rings. The lowest BCUT2D eigenvalue weighted by Gasteiger charge is -2.36. The van der Waals surface area contributed by atoms with Gasteiger partial charge in [0.05, 0.1) is 14.2 Å². The van der Waals surface area contributed by atoms with Crippen LogP contribution in [0.3, 0.4) is 0 Å². The largest absolute Gasteiger partial charge is 0.469 e. The van der Waals surface area contributed by atoms with Gasteiger partial charge in [-0.1, -0.05) is 39.2 Å². The second-order valence-electron chi connectivity index (χ2n) is 8.44. The Hall–Kier alpha value is -1.36. The number of carbonyl (C=O) groups is 2. The third-order valence-corrected chi connectivity index (χ3v) is 5.58. The number of esters is 2. The number of hydrogen-bond acceptors (Lipinski definition) is 5. The first kappa shape index (κ1) is 27.6. The quantitative estimate of drug-likeness (QED) is 0.159. The monoisotopic (exact) mass is 411 g/mol. The summed E-state index contributed by atoms with van der Waals surface area (Å²) in [6.07, 6.45) is 13.8. The lowest BCUT2D eigenvalue weighted by atomic mass is 9.80. The minimum atomic E-state index is -0.118. The van der Waals surface area contributed by atoms with Gasteiger partial charge < -0.3 is 14.4 Å². The fourth-order valence-corrected chi connectivity index (χ4v) is 3.91. The molecule has 5 nitrogen and oxygen atoms in total. The molecule has 0 saturated heterocycles. The van der Waals surface area contributed by atoms with E-state index in [2.05, 4.69) is 25.3 Å². The summed E-state index contributed by atoms with van der Waals surface area (Å²) >= 11 is 0. The van der Waals surface area contributed by atoms with Gasteiger partial charge in [-0.15, -0.1) is 6.58 Å². The number of rotatable bonds is 19. The maximum atomic E-state index is 11.3. The van der Waals surface area contributed by atoms with E-state index in [1.807, 2.05) is 6.08 Å². The molecule has 0 aliphatic rings. The number of allylic oxidation sites excluding steroid dienone is 1. The van der Waals surface area contributed by atoms with E-state index in [1.165, 1.54) is 33.5 Å². The average Bonchev–Trinajstić information content (AvgIpc) is 2.71. The smallest absolute Gasteiger partial charge is 0.305 e. The molecule has 1 atom stereocenters. The standard InChI is InChI=1S/C24H45NO4/c1-6-8-18-24(3,17-7-2)21-25(19-13-9-11-15-22(26)28-4)20-14-10-12-16-23(27)29-5/h6H,1,7-21H2,2-5H3. The summed E-state index contributed by atoms with van der Waals surface area (Å²) in [6, 6.07) is 0. The number of carbonyl (C=O) groups excluding carboxylic acids is 2. The van der Waals surface area contributed by atoms with Crippen LogP contribution < -0.4 is 0 Å². The first-order valence-electron chi connectivity index (χ1n) is 11.4. The molecule has 29 heavy (non-hydrogen) atoms. The molecule has 0 spiro atoms. The van der Waals surface area contributed by atoms with Gasteiger partial charge in [-0.2, -0.15) is 0 Å². The van der Waals surface area contributed by atoms with E-state index in [9.17, 15) is 9.59 Å². The second kappa shape index (κ2) is 17.5. The first-order valence-corrected chi connectivity index (χ1v) is 11.4. The summed E-state index contributed by atoms with van der Waals surface area (Å²) < 4.78 is 9.44. The third-order valence-electron chi connectivity index (χ3n) is 5.58. The average molecular weight is 412 g/mol. The molecule has 0 N–H and O–H groups in total. The molecule has 0 aromatic heterocycles. The van der Waals surface area contributed by atoms with Gasteiger partial charge >= 0.3 is 11.9 Å². The van der Waals surface area contributed by atoms with E-state index in [4.69, 9.17) is 9.47 Å². The Balaban J connectivity index is 4.56. The summed E-state index contributed by atoms with van der Waals surface area (Å²) in [6.45, 7) is 11.8. The van der Waals surface area contributed by atoms with Gasteiger partial charge in [-0.05, 0) is 63.5 Å². The maximum absolute atomic E-state index is 11.3.